The second kappa shape index (κ2) is 9.30. The number of rotatable bonds is 8. The molecule has 6 heteroatoms. The molecule has 0 aliphatic rings. The Morgan fingerprint density at radius 1 is 1.15 bits per heavy atom. The normalized spacial score (nSPS) is 10.8. The van der Waals surface area contributed by atoms with Gasteiger partial charge in [-0.15, -0.1) is 0 Å². The third-order valence-electron chi connectivity index (χ3n) is 3.67. The molecule has 27 heavy (non-hydrogen) atoms. The van der Waals surface area contributed by atoms with E-state index in [4.69, 9.17) is 24.6 Å². The molecule has 140 valence electrons. The van der Waals surface area contributed by atoms with E-state index in [1.165, 1.54) is 13.2 Å². The molecule has 0 amide bonds. The van der Waals surface area contributed by atoms with Crippen LogP contribution in [0.15, 0.2) is 42.0 Å². The number of hydrogen-bond acceptors (Lipinski definition) is 5. The first-order valence-electron chi connectivity index (χ1n) is 8.30. The highest BCUT2D eigenvalue weighted by Gasteiger charge is 2.13. The number of para-hydroxylation sites is 1. The molecular formula is C21H21NO5. The second-order valence-electron chi connectivity index (χ2n) is 5.87. The van der Waals surface area contributed by atoms with E-state index in [0.29, 0.717) is 23.7 Å². The van der Waals surface area contributed by atoms with Crippen LogP contribution in [0.5, 0.6) is 17.2 Å². The van der Waals surface area contributed by atoms with Gasteiger partial charge in [-0.25, -0.2) is 4.79 Å². The molecule has 0 fully saturated rings. The summed E-state index contributed by atoms with van der Waals surface area (Å²) >= 11 is 0. The van der Waals surface area contributed by atoms with E-state index >= 15 is 0 Å². The molecule has 0 saturated carbocycles. The van der Waals surface area contributed by atoms with Crippen molar-refractivity contribution in [2.45, 2.75) is 13.8 Å². The van der Waals surface area contributed by atoms with Crippen LogP contribution < -0.4 is 14.2 Å². The van der Waals surface area contributed by atoms with Crippen molar-refractivity contribution in [1.82, 2.24) is 0 Å². The third kappa shape index (κ3) is 5.51. The summed E-state index contributed by atoms with van der Waals surface area (Å²) in [6, 6.07) is 12.6. The van der Waals surface area contributed by atoms with Gasteiger partial charge in [-0.2, -0.15) is 5.26 Å². The van der Waals surface area contributed by atoms with Crippen molar-refractivity contribution in [2.75, 3.05) is 20.3 Å². The number of carbonyl (C=O) groups is 1. The van der Waals surface area contributed by atoms with Crippen molar-refractivity contribution in [3.05, 3.63) is 58.7 Å². The number of aliphatic carboxylic acids is 1. The van der Waals surface area contributed by atoms with Crippen LogP contribution in [0.3, 0.4) is 0 Å². The highest BCUT2D eigenvalue weighted by Crippen LogP contribution is 2.32. The molecule has 0 heterocycles. The number of nitriles is 1. The highest BCUT2D eigenvalue weighted by atomic mass is 16.5. The van der Waals surface area contributed by atoms with E-state index in [0.717, 1.165) is 16.9 Å². The standard InChI is InChI=1S/C21H21NO5/c1-14-9-15(2)11-18(10-14)26-7-8-27-20-16(5-4-6-19(20)25-3)12-17(13-22)21(23)24/h4-6,9-12H,7-8H2,1-3H3,(H,23,24). The summed E-state index contributed by atoms with van der Waals surface area (Å²) in [6.07, 6.45) is 1.25. The number of aryl methyl sites for hydroxylation is 2. The van der Waals surface area contributed by atoms with Gasteiger partial charge in [0, 0.05) is 5.56 Å². The zero-order chi connectivity index (χ0) is 19.8. The summed E-state index contributed by atoms with van der Waals surface area (Å²) in [4.78, 5) is 11.1. The number of ether oxygens (including phenoxy) is 3. The van der Waals surface area contributed by atoms with Gasteiger partial charge in [0.05, 0.1) is 7.11 Å². The monoisotopic (exact) mass is 367 g/mol. The van der Waals surface area contributed by atoms with Crippen LogP contribution in [-0.4, -0.2) is 31.4 Å². The van der Waals surface area contributed by atoms with E-state index in [9.17, 15) is 4.79 Å². The van der Waals surface area contributed by atoms with Gasteiger partial charge in [0.2, 0.25) is 0 Å². The van der Waals surface area contributed by atoms with Gasteiger partial charge in [-0.1, -0.05) is 18.2 Å². The lowest BCUT2D eigenvalue weighted by Crippen LogP contribution is -2.10. The van der Waals surface area contributed by atoms with Crippen molar-refractivity contribution < 1.29 is 24.1 Å². The maximum absolute atomic E-state index is 11.1. The number of benzene rings is 2. The van der Waals surface area contributed by atoms with E-state index in [2.05, 4.69) is 6.07 Å². The van der Waals surface area contributed by atoms with E-state index < -0.39 is 5.97 Å². The van der Waals surface area contributed by atoms with Gasteiger partial charge < -0.3 is 19.3 Å². The Balaban J connectivity index is 2.13. The number of hydrogen-bond donors (Lipinski definition) is 1. The molecule has 1 N–H and O–H groups in total. The summed E-state index contributed by atoms with van der Waals surface area (Å²) in [5, 5.41) is 18.0. The van der Waals surface area contributed by atoms with Crippen molar-refractivity contribution in [1.29, 1.82) is 5.26 Å². The molecule has 6 nitrogen and oxygen atoms in total. The van der Waals surface area contributed by atoms with Crippen LogP contribution in [0.4, 0.5) is 0 Å². The minimum absolute atomic E-state index is 0.225. The van der Waals surface area contributed by atoms with Crippen molar-refractivity contribution >= 4 is 12.0 Å². The van der Waals surface area contributed by atoms with Crippen LogP contribution in [0.2, 0.25) is 0 Å². The largest absolute Gasteiger partial charge is 0.493 e. The molecular weight excluding hydrogens is 346 g/mol. The van der Waals surface area contributed by atoms with E-state index in [1.807, 2.05) is 26.0 Å². The van der Waals surface area contributed by atoms with Crippen LogP contribution in [-0.2, 0) is 4.79 Å². The lowest BCUT2D eigenvalue weighted by atomic mass is 10.1. The number of methoxy groups -OCH3 is 1. The van der Waals surface area contributed by atoms with Crippen molar-refractivity contribution in [3.63, 3.8) is 0 Å². The smallest absolute Gasteiger partial charge is 0.346 e. The Kier molecular flexibility index (Phi) is 6.84. The molecule has 2 aromatic carbocycles. The maximum Gasteiger partial charge on any atom is 0.346 e. The molecule has 0 aliphatic heterocycles. The van der Waals surface area contributed by atoms with E-state index in [-0.39, 0.29) is 12.2 Å². The molecule has 0 atom stereocenters. The van der Waals surface area contributed by atoms with Gasteiger partial charge in [0.1, 0.15) is 30.6 Å². The van der Waals surface area contributed by atoms with E-state index in [1.54, 1.807) is 24.3 Å². The Morgan fingerprint density at radius 2 is 1.81 bits per heavy atom. The molecule has 0 saturated heterocycles. The SMILES string of the molecule is COc1cccc(C=C(C#N)C(=O)O)c1OCCOc1cc(C)cc(C)c1. The Labute approximate surface area is 158 Å². The molecule has 0 unspecified atom stereocenters. The molecule has 0 aliphatic carbocycles. The lowest BCUT2D eigenvalue weighted by molar-refractivity contribution is -0.132. The molecule has 0 bridgehead atoms. The molecule has 2 rings (SSSR count). The predicted octanol–water partition coefficient (Wildman–Crippen LogP) is 3.76. The fourth-order valence-corrected chi connectivity index (χ4v) is 2.58. The first-order valence-corrected chi connectivity index (χ1v) is 8.30. The summed E-state index contributed by atoms with van der Waals surface area (Å²) in [6.45, 7) is 4.52. The maximum atomic E-state index is 11.1. The fourth-order valence-electron chi connectivity index (χ4n) is 2.58. The first kappa shape index (κ1) is 19.9. The van der Waals surface area contributed by atoms with Crippen LogP contribution in [0.25, 0.3) is 6.08 Å². The number of nitrogens with zero attached hydrogens (tertiary/aromatic N) is 1. The van der Waals surface area contributed by atoms with Gasteiger partial charge in [0.15, 0.2) is 11.5 Å². The summed E-state index contributed by atoms with van der Waals surface area (Å²) < 4.78 is 16.8. The zero-order valence-corrected chi connectivity index (χ0v) is 15.5. The van der Waals surface area contributed by atoms with Gasteiger partial charge in [0.25, 0.3) is 0 Å². The molecule has 2 aromatic rings. The summed E-state index contributed by atoms with van der Waals surface area (Å²) in [7, 11) is 1.49. The second-order valence-corrected chi connectivity index (χ2v) is 5.87. The van der Waals surface area contributed by atoms with Gasteiger partial charge in [-0.05, 0) is 49.2 Å². The average molecular weight is 367 g/mol. The third-order valence-corrected chi connectivity index (χ3v) is 3.67. The summed E-state index contributed by atoms with van der Waals surface area (Å²) in [5.74, 6) is 0.258. The van der Waals surface area contributed by atoms with Crippen LogP contribution in [0, 0.1) is 25.2 Å². The summed E-state index contributed by atoms with van der Waals surface area (Å²) in [5.41, 5.74) is 2.28. The fraction of sp³-hybridized carbons (Fsp3) is 0.238. The van der Waals surface area contributed by atoms with Crippen molar-refractivity contribution in [3.8, 4) is 23.3 Å². The Bertz CT molecular complexity index is 876. The van der Waals surface area contributed by atoms with Gasteiger partial charge >= 0.3 is 5.97 Å². The molecule has 0 aromatic heterocycles. The average Bonchev–Trinajstić information content (AvgIpc) is 2.62. The zero-order valence-electron chi connectivity index (χ0n) is 15.5. The predicted molar refractivity (Wildman–Crippen MR) is 101 cm³/mol. The molecule has 0 radical (unpaired) electrons. The lowest BCUT2D eigenvalue weighted by Gasteiger charge is -2.14. The topological polar surface area (TPSA) is 88.8 Å². The quantitative estimate of drug-likeness (QED) is 0.434. The number of carboxylic acids is 1. The Morgan fingerprint density at radius 3 is 2.41 bits per heavy atom. The number of carboxylic acid groups (broad SMARTS) is 1. The highest BCUT2D eigenvalue weighted by molar-refractivity contribution is 5.97. The first-order chi connectivity index (χ1) is 12.9. The van der Waals surface area contributed by atoms with Gasteiger partial charge in [-0.3, -0.25) is 0 Å². The van der Waals surface area contributed by atoms with Crippen molar-refractivity contribution in [2.24, 2.45) is 0 Å². The minimum atomic E-state index is -1.30. The Hall–Kier alpha value is -3.46. The molecule has 0 spiro atoms. The minimum Gasteiger partial charge on any atom is -0.493 e. The van der Waals surface area contributed by atoms with Crippen LogP contribution >= 0.6 is 0 Å². The van der Waals surface area contributed by atoms with Crippen LogP contribution in [0.1, 0.15) is 16.7 Å².